The van der Waals surface area contributed by atoms with Gasteiger partial charge in [0.1, 0.15) is 10.6 Å². The third-order valence-electron chi connectivity index (χ3n) is 2.31. The number of hydrogen-bond donors (Lipinski definition) is 0. The van der Waals surface area contributed by atoms with Crippen molar-refractivity contribution in [2.45, 2.75) is 4.95 Å². The van der Waals surface area contributed by atoms with Crippen LogP contribution in [0.2, 0.25) is 0 Å². The fourth-order valence-corrected chi connectivity index (χ4v) is 1.99. The number of hydrogen-bond acceptors (Lipinski definition) is 3. The Morgan fingerprint density at radius 1 is 1.43 bits per heavy atom. The number of likely N-dealkylation sites (N-methyl/N-ethyl adjacent to an activating group) is 1. The molecule has 1 aliphatic heterocycles. The Labute approximate surface area is 90.5 Å². The average Bonchev–Trinajstić information content (AvgIpc) is 2.23. The first-order valence-electron chi connectivity index (χ1n) is 4.25. The smallest absolute Gasteiger partial charge is 0.130 e. The first kappa shape index (κ1) is 9.40. The van der Waals surface area contributed by atoms with Crippen molar-refractivity contribution in [1.82, 2.24) is 0 Å². The fourth-order valence-electron chi connectivity index (χ4n) is 1.55. The fraction of sp³-hybridized carbons (Fsp3) is 0.200. The molecule has 72 valence electrons. The van der Waals surface area contributed by atoms with E-state index in [1.165, 1.54) is 0 Å². The van der Waals surface area contributed by atoms with E-state index in [0.29, 0.717) is 5.70 Å². The van der Waals surface area contributed by atoms with Gasteiger partial charge in [-0.2, -0.15) is 0 Å². The second-order valence-electron chi connectivity index (χ2n) is 3.17. The average molecular weight is 253 g/mol. The molecule has 0 amide bonds. The van der Waals surface area contributed by atoms with Gasteiger partial charge in [-0.05, 0) is 22.9 Å². The Bertz CT molecular complexity index is 403. The molecule has 1 aromatic rings. The van der Waals surface area contributed by atoms with Gasteiger partial charge in [-0.1, -0.05) is 34.1 Å². The second-order valence-corrected chi connectivity index (χ2v) is 4.03. The summed E-state index contributed by atoms with van der Waals surface area (Å²) in [5, 5.41) is 3.00. The lowest BCUT2D eigenvalue weighted by atomic mass is 10.1. The Morgan fingerprint density at radius 3 is 2.86 bits per heavy atom. The van der Waals surface area contributed by atoms with E-state index in [1.54, 1.807) is 0 Å². The highest BCUT2D eigenvalue weighted by molar-refractivity contribution is 9.09. The SMILES string of the molecule is CN1c2ccccc2C=C(N=O)C1Br. The van der Waals surface area contributed by atoms with Crippen molar-refractivity contribution in [1.29, 1.82) is 0 Å². The summed E-state index contributed by atoms with van der Waals surface area (Å²) >= 11 is 3.41. The van der Waals surface area contributed by atoms with Crippen LogP contribution in [0.15, 0.2) is 35.1 Å². The van der Waals surface area contributed by atoms with Gasteiger partial charge in [0.2, 0.25) is 0 Å². The molecule has 0 fully saturated rings. The zero-order chi connectivity index (χ0) is 10.1. The molecule has 0 saturated heterocycles. The highest BCUT2D eigenvalue weighted by Gasteiger charge is 2.23. The maximum atomic E-state index is 10.6. The first-order valence-corrected chi connectivity index (χ1v) is 5.16. The van der Waals surface area contributed by atoms with Gasteiger partial charge in [-0.3, -0.25) is 0 Å². The van der Waals surface area contributed by atoms with Gasteiger partial charge in [0.15, 0.2) is 0 Å². The maximum absolute atomic E-state index is 10.6. The standard InChI is InChI=1S/C10H9BrN2O/c1-13-9-5-3-2-4-7(9)6-8(12-14)10(13)11/h2-6,10H,1H3. The van der Waals surface area contributed by atoms with Crippen molar-refractivity contribution in [3.05, 3.63) is 40.4 Å². The molecule has 14 heavy (non-hydrogen) atoms. The molecule has 0 N–H and O–H groups in total. The summed E-state index contributed by atoms with van der Waals surface area (Å²) in [6.45, 7) is 0. The molecule has 0 aliphatic carbocycles. The van der Waals surface area contributed by atoms with Crippen LogP contribution in [0, 0.1) is 4.91 Å². The van der Waals surface area contributed by atoms with Gasteiger partial charge in [0, 0.05) is 12.7 Å². The van der Waals surface area contributed by atoms with Gasteiger partial charge in [0.05, 0.1) is 0 Å². The quantitative estimate of drug-likeness (QED) is 0.438. The summed E-state index contributed by atoms with van der Waals surface area (Å²) in [6.07, 6.45) is 1.81. The van der Waals surface area contributed by atoms with E-state index in [2.05, 4.69) is 21.1 Å². The molecule has 3 nitrogen and oxygen atoms in total. The molecule has 1 aromatic carbocycles. The van der Waals surface area contributed by atoms with Crippen LogP contribution in [0.1, 0.15) is 5.56 Å². The van der Waals surface area contributed by atoms with Gasteiger partial charge >= 0.3 is 0 Å². The molecule has 2 rings (SSSR count). The number of nitrogens with zero attached hydrogens (tertiary/aromatic N) is 2. The summed E-state index contributed by atoms with van der Waals surface area (Å²) in [4.78, 5) is 12.4. The Kier molecular flexibility index (Phi) is 2.37. The van der Waals surface area contributed by atoms with E-state index in [-0.39, 0.29) is 4.95 Å². The Balaban J connectivity index is 2.57. The molecule has 0 aromatic heterocycles. The summed E-state index contributed by atoms with van der Waals surface area (Å²) < 4.78 is 0. The highest BCUT2D eigenvalue weighted by atomic mass is 79.9. The first-order chi connectivity index (χ1) is 6.74. The normalized spacial score (nSPS) is 20.0. The Hall–Kier alpha value is -1.16. The van der Waals surface area contributed by atoms with Gasteiger partial charge in [0.25, 0.3) is 0 Å². The van der Waals surface area contributed by atoms with Crippen molar-refractivity contribution in [3.63, 3.8) is 0 Å². The van der Waals surface area contributed by atoms with Gasteiger partial charge in [-0.25, -0.2) is 0 Å². The van der Waals surface area contributed by atoms with Crippen LogP contribution in [0.3, 0.4) is 0 Å². The third kappa shape index (κ3) is 1.35. The van der Waals surface area contributed by atoms with E-state index < -0.39 is 0 Å². The number of fused-ring (bicyclic) bond motifs is 1. The van der Waals surface area contributed by atoms with Gasteiger partial charge in [-0.15, -0.1) is 4.91 Å². The summed E-state index contributed by atoms with van der Waals surface area (Å²) in [5.74, 6) is 0. The predicted molar refractivity (Wildman–Crippen MR) is 61.3 cm³/mol. The van der Waals surface area contributed by atoms with E-state index in [4.69, 9.17) is 0 Å². The number of alkyl halides is 1. The molecule has 1 unspecified atom stereocenters. The molecule has 1 aliphatic rings. The maximum Gasteiger partial charge on any atom is 0.130 e. The molecular weight excluding hydrogens is 244 g/mol. The minimum absolute atomic E-state index is 0.130. The molecule has 0 bridgehead atoms. The van der Waals surface area contributed by atoms with Crippen molar-refractivity contribution >= 4 is 27.7 Å². The molecule has 0 radical (unpaired) electrons. The van der Waals surface area contributed by atoms with Crippen LogP contribution in [0.25, 0.3) is 6.08 Å². The topological polar surface area (TPSA) is 32.7 Å². The number of para-hydroxylation sites is 1. The number of anilines is 1. The van der Waals surface area contributed by atoms with Crippen molar-refractivity contribution in [2.75, 3.05) is 11.9 Å². The minimum Gasteiger partial charge on any atom is -0.356 e. The third-order valence-corrected chi connectivity index (χ3v) is 3.39. The summed E-state index contributed by atoms with van der Waals surface area (Å²) in [7, 11) is 1.93. The lowest BCUT2D eigenvalue weighted by molar-refractivity contribution is 0.916. The monoisotopic (exact) mass is 252 g/mol. The van der Waals surface area contributed by atoms with E-state index in [0.717, 1.165) is 11.3 Å². The molecule has 1 heterocycles. The molecule has 1 atom stereocenters. The van der Waals surface area contributed by atoms with Crippen LogP contribution in [0.4, 0.5) is 5.69 Å². The molecule has 0 saturated carbocycles. The molecule has 4 heteroatoms. The second kappa shape index (κ2) is 3.53. The summed E-state index contributed by atoms with van der Waals surface area (Å²) in [6, 6.07) is 7.90. The lowest BCUT2D eigenvalue weighted by Crippen LogP contribution is -2.30. The van der Waals surface area contributed by atoms with Crippen molar-refractivity contribution in [3.8, 4) is 0 Å². The zero-order valence-corrected chi connectivity index (χ0v) is 9.23. The predicted octanol–water partition coefficient (Wildman–Crippen LogP) is 2.96. The van der Waals surface area contributed by atoms with Crippen molar-refractivity contribution < 1.29 is 0 Å². The largest absolute Gasteiger partial charge is 0.356 e. The van der Waals surface area contributed by atoms with E-state index >= 15 is 0 Å². The summed E-state index contributed by atoms with van der Waals surface area (Å²) in [5.41, 5.74) is 2.63. The number of halogens is 1. The van der Waals surface area contributed by atoms with E-state index in [9.17, 15) is 4.91 Å². The van der Waals surface area contributed by atoms with Crippen LogP contribution < -0.4 is 4.90 Å². The van der Waals surface area contributed by atoms with Gasteiger partial charge < -0.3 is 4.90 Å². The van der Waals surface area contributed by atoms with Crippen LogP contribution >= 0.6 is 15.9 Å². The van der Waals surface area contributed by atoms with Crippen LogP contribution in [-0.2, 0) is 0 Å². The molecule has 0 spiro atoms. The van der Waals surface area contributed by atoms with Crippen LogP contribution in [0.5, 0.6) is 0 Å². The van der Waals surface area contributed by atoms with E-state index in [1.807, 2.05) is 42.3 Å². The number of rotatable bonds is 1. The zero-order valence-electron chi connectivity index (χ0n) is 7.64. The lowest BCUT2D eigenvalue weighted by Gasteiger charge is -2.29. The minimum atomic E-state index is -0.130. The number of benzene rings is 1. The highest BCUT2D eigenvalue weighted by Crippen LogP contribution is 2.33. The van der Waals surface area contributed by atoms with Crippen LogP contribution in [-0.4, -0.2) is 12.0 Å². The van der Waals surface area contributed by atoms with Crippen molar-refractivity contribution in [2.24, 2.45) is 5.18 Å². The molecular formula is C10H9BrN2O. The number of nitroso groups, excluding NO2 is 1. The Morgan fingerprint density at radius 2 is 2.14 bits per heavy atom.